The smallest absolute Gasteiger partial charge is 0.293 e. The minimum Gasteiger partial charge on any atom is -0.497 e. The number of hydrogen-bond acceptors (Lipinski definition) is 4. The summed E-state index contributed by atoms with van der Waals surface area (Å²) in [6.45, 7) is 3.54. The van der Waals surface area contributed by atoms with Gasteiger partial charge in [-0.3, -0.25) is 4.79 Å². The van der Waals surface area contributed by atoms with Gasteiger partial charge in [0, 0.05) is 17.9 Å². The van der Waals surface area contributed by atoms with E-state index in [1.165, 1.54) is 0 Å². The molecule has 28 heavy (non-hydrogen) atoms. The summed E-state index contributed by atoms with van der Waals surface area (Å²) in [6, 6.07) is 16.9. The van der Waals surface area contributed by atoms with E-state index in [0.29, 0.717) is 17.7 Å². The number of amides is 1. The average molecular weight is 379 g/mol. The van der Waals surface area contributed by atoms with Crippen LogP contribution in [0.25, 0.3) is 0 Å². The number of benzene rings is 2. The average Bonchev–Trinajstić information content (AvgIpc) is 3.04. The number of nitrogens with zero attached hydrogens (tertiary/aromatic N) is 1. The van der Waals surface area contributed by atoms with Crippen molar-refractivity contribution >= 4 is 17.6 Å². The van der Waals surface area contributed by atoms with Crippen molar-refractivity contribution in [2.45, 2.75) is 44.6 Å². The van der Waals surface area contributed by atoms with Crippen LogP contribution in [0.1, 0.15) is 50.2 Å². The van der Waals surface area contributed by atoms with E-state index in [1.807, 2.05) is 55.5 Å². The molecule has 2 atom stereocenters. The molecule has 3 rings (SSSR count). The molecular formula is C23H25NO4. The van der Waals surface area contributed by atoms with Gasteiger partial charge in [0.2, 0.25) is 5.90 Å². The topological polar surface area (TPSA) is 65.0 Å². The van der Waals surface area contributed by atoms with Crippen LogP contribution in [0.5, 0.6) is 5.75 Å². The zero-order valence-corrected chi connectivity index (χ0v) is 16.5. The second kappa shape index (κ2) is 8.38. The molecule has 2 aromatic carbocycles. The van der Waals surface area contributed by atoms with Crippen molar-refractivity contribution in [3.05, 3.63) is 65.7 Å². The molecule has 0 aliphatic carbocycles. The monoisotopic (exact) mass is 379 g/mol. The number of carbonyl (C=O) groups excluding carboxylic acids is 2. The third kappa shape index (κ3) is 3.84. The molecule has 0 bridgehead atoms. The van der Waals surface area contributed by atoms with Crippen molar-refractivity contribution in [2.24, 2.45) is 4.99 Å². The van der Waals surface area contributed by atoms with Crippen LogP contribution in [-0.2, 0) is 14.3 Å². The fourth-order valence-electron chi connectivity index (χ4n) is 3.75. The molecule has 1 aliphatic heterocycles. The van der Waals surface area contributed by atoms with E-state index < -0.39 is 11.5 Å². The number of Topliss-reactive ketones (excluding diaryl/α,β-unsaturated/α-hetero) is 1. The summed E-state index contributed by atoms with van der Waals surface area (Å²) in [4.78, 5) is 29.5. The van der Waals surface area contributed by atoms with Crippen molar-refractivity contribution < 1.29 is 19.1 Å². The summed E-state index contributed by atoms with van der Waals surface area (Å²) in [5.41, 5.74) is 0.405. The van der Waals surface area contributed by atoms with Gasteiger partial charge in [-0.2, -0.15) is 4.99 Å². The highest BCUT2D eigenvalue weighted by molar-refractivity contribution is 6.10. The van der Waals surface area contributed by atoms with Gasteiger partial charge in [-0.1, -0.05) is 49.7 Å². The Morgan fingerprint density at radius 3 is 2.57 bits per heavy atom. The van der Waals surface area contributed by atoms with E-state index in [0.717, 1.165) is 12.0 Å². The fraction of sp³-hybridized carbons (Fsp3) is 0.348. The highest BCUT2D eigenvalue weighted by Crippen LogP contribution is 2.43. The number of aliphatic imine (C=N–C) groups is 1. The first kappa shape index (κ1) is 19.8. The molecule has 146 valence electrons. The first-order valence-corrected chi connectivity index (χ1v) is 9.51. The molecule has 0 aromatic heterocycles. The maximum Gasteiger partial charge on any atom is 0.293 e. The summed E-state index contributed by atoms with van der Waals surface area (Å²) in [6.07, 6.45) is 1.43. The van der Waals surface area contributed by atoms with Crippen molar-refractivity contribution in [3.8, 4) is 5.75 Å². The molecule has 5 heteroatoms. The third-order valence-corrected chi connectivity index (χ3v) is 5.04. The summed E-state index contributed by atoms with van der Waals surface area (Å²) >= 11 is 0. The minimum absolute atomic E-state index is 0.00978. The van der Waals surface area contributed by atoms with Gasteiger partial charge in [0.25, 0.3) is 5.91 Å². The molecule has 0 saturated carbocycles. The molecular weight excluding hydrogens is 354 g/mol. The Labute approximate surface area is 165 Å². The Kier molecular flexibility index (Phi) is 5.93. The lowest BCUT2D eigenvalue weighted by molar-refractivity contribution is -0.134. The first-order chi connectivity index (χ1) is 13.5. The first-order valence-electron chi connectivity index (χ1n) is 9.51. The number of ketones is 1. The van der Waals surface area contributed by atoms with Crippen LogP contribution in [0, 0.1) is 0 Å². The van der Waals surface area contributed by atoms with Gasteiger partial charge >= 0.3 is 0 Å². The summed E-state index contributed by atoms with van der Waals surface area (Å²) < 4.78 is 11.6. The maximum atomic E-state index is 13.2. The highest BCUT2D eigenvalue weighted by atomic mass is 16.5. The Morgan fingerprint density at radius 1 is 1.18 bits per heavy atom. The molecule has 0 unspecified atom stereocenters. The minimum atomic E-state index is -1.18. The molecule has 0 N–H and O–H groups in total. The summed E-state index contributed by atoms with van der Waals surface area (Å²) in [7, 11) is 1.58. The molecule has 0 radical (unpaired) electrons. The largest absolute Gasteiger partial charge is 0.497 e. The molecule has 0 saturated heterocycles. The number of rotatable bonds is 8. The van der Waals surface area contributed by atoms with E-state index >= 15 is 0 Å². The molecule has 1 aliphatic rings. The number of hydrogen-bond donors (Lipinski definition) is 0. The van der Waals surface area contributed by atoms with Crippen LogP contribution < -0.4 is 4.74 Å². The summed E-state index contributed by atoms with van der Waals surface area (Å²) in [5, 5.41) is 0. The zero-order chi connectivity index (χ0) is 20.1. The number of methoxy groups -OCH3 is 1. The van der Waals surface area contributed by atoms with Gasteiger partial charge in [0.05, 0.1) is 7.11 Å². The zero-order valence-electron chi connectivity index (χ0n) is 16.5. The Bertz CT molecular complexity index is 890. The van der Waals surface area contributed by atoms with Crippen LogP contribution in [0.15, 0.2) is 59.6 Å². The standard InChI is InChI=1S/C23H25NO4/c1-4-13-23(20(14-16(2)25)17-9-6-5-7-10-17)22(26)24-21(28-23)18-11-8-12-19(15-18)27-3/h5-12,15,20H,4,13-14H2,1-3H3/t20-,23-/m0/s1. The van der Waals surface area contributed by atoms with Gasteiger partial charge in [-0.25, -0.2) is 0 Å². The van der Waals surface area contributed by atoms with Crippen molar-refractivity contribution in [3.63, 3.8) is 0 Å². The Hall–Kier alpha value is -2.95. The lowest BCUT2D eigenvalue weighted by Gasteiger charge is -2.34. The molecule has 0 spiro atoms. The Morgan fingerprint density at radius 2 is 1.93 bits per heavy atom. The van der Waals surface area contributed by atoms with Gasteiger partial charge in [-0.05, 0) is 37.1 Å². The van der Waals surface area contributed by atoms with Gasteiger partial charge in [0.15, 0.2) is 5.60 Å². The molecule has 2 aromatic rings. The van der Waals surface area contributed by atoms with E-state index in [9.17, 15) is 9.59 Å². The van der Waals surface area contributed by atoms with Gasteiger partial charge in [-0.15, -0.1) is 0 Å². The molecule has 1 amide bonds. The van der Waals surface area contributed by atoms with Crippen LogP contribution >= 0.6 is 0 Å². The SMILES string of the molecule is CCC[C@@]1([C@@H](CC(C)=O)c2ccccc2)OC(c2cccc(OC)c2)=NC1=O. The lowest BCUT2D eigenvalue weighted by atomic mass is 9.76. The molecule has 1 heterocycles. The fourth-order valence-corrected chi connectivity index (χ4v) is 3.75. The number of ether oxygens (including phenoxy) is 2. The Balaban J connectivity index is 2.03. The normalized spacial score (nSPS) is 19.7. The highest BCUT2D eigenvalue weighted by Gasteiger charge is 2.52. The van der Waals surface area contributed by atoms with E-state index in [-0.39, 0.29) is 24.0 Å². The predicted octanol–water partition coefficient (Wildman–Crippen LogP) is 4.30. The second-order valence-electron chi connectivity index (χ2n) is 7.07. The van der Waals surface area contributed by atoms with Crippen molar-refractivity contribution in [1.29, 1.82) is 0 Å². The summed E-state index contributed by atoms with van der Waals surface area (Å²) in [5.74, 6) is 0.220. The predicted molar refractivity (Wildman–Crippen MR) is 108 cm³/mol. The quantitative estimate of drug-likeness (QED) is 0.686. The van der Waals surface area contributed by atoms with Crippen LogP contribution in [0.2, 0.25) is 0 Å². The third-order valence-electron chi connectivity index (χ3n) is 5.04. The van der Waals surface area contributed by atoms with Crippen LogP contribution in [0.3, 0.4) is 0 Å². The molecule has 5 nitrogen and oxygen atoms in total. The van der Waals surface area contributed by atoms with Crippen LogP contribution in [-0.4, -0.2) is 30.3 Å². The van der Waals surface area contributed by atoms with Crippen molar-refractivity contribution in [2.75, 3.05) is 7.11 Å². The van der Waals surface area contributed by atoms with Crippen LogP contribution in [0.4, 0.5) is 0 Å². The maximum absolute atomic E-state index is 13.2. The van der Waals surface area contributed by atoms with Gasteiger partial charge < -0.3 is 14.3 Å². The van der Waals surface area contributed by atoms with Crippen molar-refractivity contribution in [1.82, 2.24) is 0 Å². The second-order valence-corrected chi connectivity index (χ2v) is 7.07. The lowest BCUT2D eigenvalue weighted by Crippen LogP contribution is -2.44. The van der Waals surface area contributed by atoms with E-state index in [4.69, 9.17) is 9.47 Å². The van der Waals surface area contributed by atoms with E-state index in [2.05, 4.69) is 4.99 Å². The van der Waals surface area contributed by atoms with E-state index in [1.54, 1.807) is 20.1 Å². The number of carbonyl (C=O) groups is 2. The van der Waals surface area contributed by atoms with Gasteiger partial charge in [0.1, 0.15) is 11.5 Å². The molecule has 0 fully saturated rings.